The van der Waals surface area contributed by atoms with Gasteiger partial charge in [-0.1, -0.05) is 30.3 Å². The van der Waals surface area contributed by atoms with Gasteiger partial charge < -0.3 is 15.0 Å². The Labute approximate surface area is 168 Å². The first-order chi connectivity index (χ1) is 13.5. The molecular formula is C21H29N3O3S. The topological polar surface area (TPSA) is 71.0 Å². The molecule has 0 saturated carbocycles. The van der Waals surface area contributed by atoms with Gasteiger partial charge in [-0.25, -0.2) is 8.42 Å². The Kier molecular flexibility index (Phi) is 8.32. The van der Waals surface area contributed by atoms with E-state index in [1.807, 2.05) is 49.2 Å². The van der Waals surface area contributed by atoms with Crippen molar-refractivity contribution < 1.29 is 13.2 Å². The van der Waals surface area contributed by atoms with E-state index in [1.165, 1.54) is 0 Å². The minimum atomic E-state index is -3.25. The maximum Gasteiger partial charge on any atom is 0.193 e. The molecule has 2 aromatic carbocycles. The highest BCUT2D eigenvalue weighted by molar-refractivity contribution is 7.91. The number of nitrogens with zero attached hydrogens (tertiary/aromatic N) is 2. The first kappa shape index (κ1) is 21.8. The van der Waals surface area contributed by atoms with Gasteiger partial charge in [-0.2, -0.15) is 0 Å². The van der Waals surface area contributed by atoms with E-state index in [0.29, 0.717) is 31.0 Å². The van der Waals surface area contributed by atoms with Crippen molar-refractivity contribution in [2.24, 2.45) is 4.99 Å². The molecule has 2 aromatic rings. The predicted molar refractivity (Wildman–Crippen MR) is 114 cm³/mol. The van der Waals surface area contributed by atoms with Crippen molar-refractivity contribution in [2.45, 2.75) is 24.8 Å². The molecule has 0 heterocycles. The molecule has 6 nitrogen and oxygen atoms in total. The molecule has 0 aliphatic rings. The van der Waals surface area contributed by atoms with Gasteiger partial charge in [0.2, 0.25) is 0 Å². The van der Waals surface area contributed by atoms with Crippen LogP contribution in [0.25, 0.3) is 0 Å². The highest BCUT2D eigenvalue weighted by Gasteiger charge is 2.13. The van der Waals surface area contributed by atoms with Crippen LogP contribution in [-0.4, -0.2) is 52.3 Å². The van der Waals surface area contributed by atoms with E-state index in [4.69, 9.17) is 4.74 Å². The molecule has 0 aromatic heterocycles. The zero-order valence-electron chi connectivity index (χ0n) is 16.8. The monoisotopic (exact) mass is 403 g/mol. The number of ether oxygens (including phenoxy) is 1. The summed E-state index contributed by atoms with van der Waals surface area (Å²) in [6.07, 6.45) is 0.507. The van der Waals surface area contributed by atoms with Crippen LogP contribution in [0.3, 0.4) is 0 Å². The van der Waals surface area contributed by atoms with Crippen LogP contribution < -0.4 is 10.1 Å². The van der Waals surface area contributed by atoms with E-state index in [-0.39, 0.29) is 5.75 Å². The standard InChI is InChI=1S/C21H29N3O3S/c1-4-27-19-13-11-18(12-14-19)17-24(3)21(22-2)23-15-8-16-28(25,26)20-9-6-5-7-10-20/h5-7,9-14H,4,8,15-17H2,1-3H3,(H,22,23). The summed E-state index contributed by atoms with van der Waals surface area (Å²) in [6, 6.07) is 16.5. The first-order valence-electron chi connectivity index (χ1n) is 9.37. The van der Waals surface area contributed by atoms with E-state index in [0.717, 1.165) is 17.3 Å². The molecule has 0 fully saturated rings. The summed E-state index contributed by atoms with van der Waals surface area (Å²) < 4.78 is 30.1. The molecule has 0 spiro atoms. The molecule has 0 atom stereocenters. The van der Waals surface area contributed by atoms with Crippen molar-refractivity contribution in [1.82, 2.24) is 10.2 Å². The first-order valence-corrected chi connectivity index (χ1v) is 11.0. The van der Waals surface area contributed by atoms with Crippen LogP contribution in [0.4, 0.5) is 0 Å². The van der Waals surface area contributed by atoms with Crippen molar-refractivity contribution in [1.29, 1.82) is 0 Å². The van der Waals surface area contributed by atoms with Crippen LogP contribution in [0.15, 0.2) is 64.5 Å². The quantitative estimate of drug-likeness (QED) is 0.396. The molecule has 0 aliphatic heterocycles. The Morgan fingerprint density at radius 3 is 2.39 bits per heavy atom. The second kappa shape index (κ2) is 10.7. The third-order valence-corrected chi connectivity index (χ3v) is 6.02. The molecule has 0 unspecified atom stereocenters. The minimum Gasteiger partial charge on any atom is -0.494 e. The number of guanidine groups is 1. The summed E-state index contributed by atoms with van der Waals surface area (Å²) in [7, 11) is 0.423. The molecule has 28 heavy (non-hydrogen) atoms. The van der Waals surface area contributed by atoms with Crippen LogP contribution in [0.5, 0.6) is 5.75 Å². The zero-order chi connectivity index (χ0) is 20.4. The molecule has 0 bridgehead atoms. The van der Waals surface area contributed by atoms with Gasteiger partial charge in [0.1, 0.15) is 5.75 Å². The summed E-state index contributed by atoms with van der Waals surface area (Å²) in [4.78, 5) is 6.65. The number of hydrogen-bond donors (Lipinski definition) is 1. The summed E-state index contributed by atoms with van der Waals surface area (Å²) in [5.41, 5.74) is 1.14. The largest absolute Gasteiger partial charge is 0.494 e. The van der Waals surface area contributed by atoms with Crippen molar-refractivity contribution in [2.75, 3.05) is 33.0 Å². The van der Waals surface area contributed by atoms with E-state index >= 15 is 0 Å². The zero-order valence-corrected chi connectivity index (χ0v) is 17.6. The Morgan fingerprint density at radius 2 is 1.79 bits per heavy atom. The van der Waals surface area contributed by atoms with Gasteiger partial charge in [-0.3, -0.25) is 4.99 Å². The molecule has 0 radical (unpaired) electrons. The second-order valence-corrected chi connectivity index (χ2v) is 8.50. The molecule has 152 valence electrons. The maximum atomic E-state index is 12.3. The molecule has 1 N–H and O–H groups in total. The number of rotatable bonds is 9. The van der Waals surface area contributed by atoms with Crippen molar-refractivity contribution in [3.63, 3.8) is 0 Å². The fraction of sp³-hybridized carbons (Fsp3) is 0.381. The smallest absolute Gasteiger partial charge is 0.193 e. The second-order valence-electron chi connectivity index (χ2n) is 6.39. The van der Waals surface area contributed by atoms with E-state index in [1.54, 1.807) is 31.3 Å². The van der Waals surface area contributed by atoms with Crippen molar-refractivity contribution >= 4 is 15.8 Å². The van der Waals surface area contributed by atoms with Gasteiger partial charge in [0.05, 0.1) is 17.3 Å². The summed E-state index contributed by atoms with van der Waals surface area (Å²) in [6.45, 7) is 3.83. The normalized spacial score (nSPS) is 11.9. The predicted octanol–water partition coefficient (Wildman–Crippen LogP) is 2.96. The summed E-state index contributed by atoms with van der Waals surface area (Å²) in [5, 5.41) is 3.23. The molecule has 0 saturated heterocycles. The van der Waals surface area contributed by atoms with E-state index in [9.17, 15) is 8.42 Å². The third kappa shape index (κ3) is 6.56. The van der Waals surface area contributed by atoms with Crippen LogP contribution in [0.1, 0.15) is 18.9 Å². The van der Waals surface area contributed by atoms with Crippen LogP contribution in [0.2, 0.25) is 0 Å². The van der Waals surface area contributed by atoms with Gasteiger partial charge in [0.15, 0.2) is 15.8 Å². The lowest BCUT2D eigenvalue weighted by Crippen LogP contribution is -2.39. The van der Waals surface area contributed by atoms with Crippen LogP contribution >= 0.6 is 0 Å². The summed E-state index contributed by atoms with van der Waals surface area (Å²) in [5.74, 6) is 1.69. The van der Waals surface area contributed by atoms with Crippen molar-refractivity contribution in [3.8, 4) is 5.75 Å². The molecular weight excluding hydrogens is 374 g/mol. The Bertz CT molecular complexity index is 850. The number of aliphatic imine (C=N–C) groups is 1. The van der Waals surface area contributed by atoms with Crippen molar-refractivity contribution in [3.05, 3.63) is 60.2 Å². The van der Waals surface area contributed by atoms with E-state index in [2.05, 4.69) is 10.3 Å². The fourth-order valence-electron chi connectivity index (χ4n) is 2.80. The number of nitrogens with one attached hydrogen (secondary N) is 1. The summed E-state index contributed by atoms with van der Waals surface area (Å²) >= 11 is 0. The lowest BCUT2D eigenvalue weighted by atomic mass is 10.2. The minimum absolute atomic E-state index is 0.101. The lowest BCUT2D eigenvalue weighted by molar-refractivity contribution is 0.340. The Hall–Kier alpha value is -2.54. The number of benzene rings is 2. The maximum absolute atomic E-state index is 12.3. The van der Waals surface area contributed by atoms with Crippen LogP contribution in [-0.2, 0) is 16.4 Å². The van der Waals surface area contributed by atoms with Gasteiger partial charge in [0, 0.05) is 27.2 Å². The SMILES string of the molecule is CCOc1ccc(CN(C)C(=NC)NCCCS(=O)(=O)c2ccccc2)cc1. The number of sulfone groups is 1. The Morgan fingerprint density at radius 1 is 1.11 bits per heavy atom. The third-order valence-electron chi connectivity index (χ3n) is 4.20. The number of hydrogen-bond acceptors (Lipinski definition) is 4. The molecule has 0 amide bonds. The highest BCUT2D eigenvalue weighted by atomic mass is 32.2. The Balaban J connectivity index is 1.81. The van der Waals surface area contributed by atoms with Gasteiger partial charge in [-0.05, 0) is 43.2 Å². The van der Waals surface area contributed by atoms with Gasteiger partial charge >= 0.3 is 0 Å². The van der Waals surface area contributed by atoms with Gasteiger partial charge in [-0.15, -0.1) is 0 Å². The molecule has 2 rings (SSSR count). The average Bonchev–Trinajstić information content (AvgIpc) is 2.70. The van der Waals surface area contributed by atoms with Gasteiger partial charge in [0.25, 0.3) is 0 Å². The lowest BCUT2D eigenvalue weighted by Gasteiger charge is -2.22. The van der Waals surface area contributed by atoms with E-state index < -0.39 is 9.84 Å². The average molecular weight is 404 g/mol. The highest BCUT2D eigenvalue weighted by Crippen LogP contribution is 2.13. The fourth-order valence-corrected chi connectivity index (χ4v) is 4.13. The molecule has 7 heteroatoms. The van der Waals surface area contributed by atoms with Crippen LogP contribution in [0, 0.1) is 0 Å². The molecule has 0 aliphatic carbocycles.